The highest BCUT2D eigenvalue weighted by molar-refractivity contribution is 5.81. The number of hydrogen-bond donors (Lipinski definition) is 1. The molecule has 1 N–H and O–H groups in total. The van der Waals surface area contributed by atoms with E-state index in [9.17, 15) is 4.79 Å². The third-order valence-electron chi connectivity index (χ3n) is 4.24. The monoisotopic (exact) mass is 389 g/mol. The van der Waals surface area contributed by atoms with Gasteiger partial charge in [0.05, 0.1) is 28.4 Å². The quantitative estimate of drug-likeness (QED) is 0.673. The number of para-hydroxylation sites is 2. The van der Waals surface area contributed by atoms with E-state index in [-0.39, 0.29) is 12.5 Å². The van der Waals surface area contributed by atoms with Crippen LogP contribution in [0.5, 0.6) is 28.7 Å². The molecule has 0 aliphatic rings. The van der Waals surface area contributed by atoms with Crippen LogP contribution in [0.1, 0.15) is 18.9 Å². The van der Waals surface area contributed by atoms with Crippen LogP contribution in [-0.4, -0.2) is 40.5 Å². The summed E-state index contributed by atoms with van der Waals surface area (Å²) in [6, 6.07) is 10.8. The maximum Gasteiger partial charge on any atom is 0.261 e. The standard InChI is InChI=1S/C21H27NO6/c1-6-15(28-17-10-8-7-9-16(17)24-2)21(23)22-13-14-11-12-18(25-3)20(27-5)19(14)26-4/h7-12,15H,6,13H2,1-5H3,(H,22,23). The van der Waals surface area contributed by atoms with Crippen molar-refractivity contribution in [2.75, 3.05) is 28.4 Å². The third-order valence-corrected chi connectivity index (χ3v) is 4.24. The minimum atomic E-state index is -0.651. The Balaban J connectivity index is 2.11. The van der Waals surface area contributed by atoms with Gasteiger partial charge in [0.15, 0.2) is 29.1 Å². The Hall–Kier alpha value is -3.09. The number of amides is 1. The number of benzene rings is 2. The maximum atomic E-state index is 12.7. The Morgan fingerprint density at radius 2 is 1.50 bits per heavy atom. The fraction of sp³-hybridized carbons (Fsp3) is 0.381. The first-order valence-electron chi connectivity index (χ1n) is 8.94. The second kappa shape index (κ2) is 10.3. The third kappa shape index (κ3) is 4.79. The molecule has 152 valence electrons. The van der Waals surface area contributed by atoms with Crippen LogP contribution in [-0.2, 0) is 11.3 Å². The van der Waals surface area contributed by atoms with E-state index in [0.29, 0.717) is 35.2 Å². The molecule has 0 aromatic heterocycles. The summed E-state index contributed by atoms with van der Waals surface area (Å²) in [5.74, 6) is 2.42. The molecule has 1 atom stereocenters. The lowest BCUT2D eigenvalue weighted by Crippen LogP contribution is -2.37. The summed E-state index contributed by atoms with van der Waals surface area (Å²) >= 11 is 0. The Bertz CT molecular complexity index is 792. The molecule has 7 nitrogen and oxygen atoms in total. The molecule has 1 amide bonds. The molecule has 0 saturated carbocycles. The Labute approximate surface area is 165 Å². The summed E-state index contributed by atoms with van der Waals surface area (Å²) in [4.78, 5) is 12.7. The fourth-order valence-electron chi connectivity index (χ4n) is 2.79. The zero-order valence-corrected chi connectivity index (χ0v) is 16.9. The average molecular weight is 389 g/mol. The van der Waals surface area contributed by atoms with E-state index in [0.717, 1.165) is 5.56 Å². The Morgan fingerprint density at radius 3 is 2.07 bits per heavy atom. The first kappa shape index (κ1) is 21.2. The van der Waals surface area contributed by atoms with Gasteiger partial charge in [-0.05, 0) is 30.7 Å². The second-order valence-electron chi connectivity index (χ2n) is 5.88. The number of rotatable bonds is 10. The SMILES string of the molecule is CCC(Oc1ccccc1OC)C(=O)NCc1ccc(OC)c(OC)c1OC. The van der Waals surface area contributed by atoms with Gasteiger partial charge >= 0.3 is 0 Å². The van der Waals surface area contributed by atoms with Gasteiger partial charge in [0.2, 0.25) is 5.75 Å². The van der Waals surface area contributed by atoms with Crippen molar-refractivity contribution in [3.05, 3.63) is 42.0 Å². The summed E-state index contributed by atoms with van der Waals surface area (Å²) in [5, 5.41) is 2.89. The lowest BCUT2D eigenvalue weighted by Gasteiger charge is -2.20. The number of carbonyl (C=O) groups excluding carboxylic acids is 1. The van der Waals surface area contributed by atoms with Crippen LogP contribution >= 0.6 is 0 Å². The van der Waals surface area contributed by atoms with Gasteiger partial charge in [0, 0.05) is 12.1 Å². The number of methoxy groups -OCH3 is 4. The molecular weight excluding hydrogens is 362 g/mol. The number of hydrogen-bond acceptors (Lipinski definition) is 6. The molecule has 0 spiro atoms. The van der Waals surface area contributed by atoms with Crippen LogP contribution in [0.25, 0.3) is 0 Å². The summed E-state index contributed by atoms with van der Waals surface area (Å²) in [6.07, 6.45) is -0.144. The molecular formula is C21H27NO6. The predicted molar refractivity (Wildman–Crippen MR) is 106 cm³/mol. The van der Waals surface area contributed by atoms with E-state index in [4.69, 9.17) is 23.7 Å². The first-order valence-corrected chi connectivity index (χ1v) is 8.94. The lowest BCUT2D eigenvalue weighted by molar-refractivity contribution is -0.128. The topological polar surface area (TPSA) is 75.3 Å². The van der Waals surface area contributed by atoms with Gasteiger partial charge in [-0.3, -0.25) is 4.79 Å². The zero-order valence-electron chi connectivity index (χ0n) is 16.9. The second-order valence-corrected chi connectivity index (χ2v) is 5.88. The largest absolute Gasteiger partial charge is 0.493 e. The summed E-state index contributed by atoms with van der Waals surface area (Å²) in [6.45, 7) is 2.14. The van der Waals surface area contributed by atoms with Crippen molar-refractivity contribution in [1.29, 1.82) is 0 Å². The summed E-state index contributed by atoms with van der Waals surface area (Å²) in [7, 11) is 6.20. The highest BCUT2D eigenvalue weighted by Gasteiger charge is 2.21. The molecule has 2 aromatic rings. The molecule has 0 saturated heterocycles. The van der Waals surface area contributed by atoms with Gasteiger partial charge in [-0.15, -0.1) is 0 Å². The van der Waals surface area contributed by atoms with Crippen LogP contribution in [0.3, 0.4) is 0 Å². The molecule has 7 heteroatoms. The highest BCUT2D eigenvalue weighted by Crippen LogP contribution is 2.39. The summed E-state index contributed by atoms with van der Waals surface area (Å²) in [5.41, 5.74) is 0.764. The van der Waals surface area contributed by atoms with Crippen molar-refractivity contribution in [2.45, 2.75) is 26.0 Å². The van der Waals surface area contributed by atoms with Gasteiger partial charge < -0.3 is 29.0 Å². The molecule has 0 radical (unpaired) electrons. The maximum absolute atomic E-state index is 12.7. The molecule has 2 rings (SSSR count). The van der Waals surface area contributed by atoms with Crippen LogP contribution < -0.4 is 29.0 Å². The van der Waals surface area contributed by atoms with E-state index in [1.807, 2.05) is 25.1 Å². The molecule has 2 aromatic carbocycles. The zero-order chi connectivity index (χ0) is 20.5. The summed E-state index contributed by atoms with van der Waals surface area (Å²) < 4.78 is 27.2. The van der Waals surface area contributed by atoms with Crippen LogP contribution in [0.2, 0.25) is 0 Å². The average Bonchev–Trinajstić information content (AvgIpc) is 2.74. The van der Waals surface area contributed by atoms with E-state index in [2.05, 4.69) is 5.32 Å². The van der Waals surface area contributed by atoms with E-state index in [1.165, 1.54) is 7.11 Å². The van der Waals surface area contributed by atoms with Crippen molar-refractivity contribution in [3.8, 4) is 28.7 Å². The van der Waals surface area contributed by atoms with Gasteiger partial charge in [0.1, 0.15) is 0 Å². The lowest BCUT2D eigenvalue weighted by atomic mass is 10.1. The molecule has 0 aliphatic heterocycles. The van der Waals surface area contributed by atoms with Crippen molar-refractivity contribution in [2.24, 2.45) is 0 Å². The molecule has 0 heterocycles. The van der Waals surface area contributed by atoms with Gasteiger partial charge in [-0.2, -0.15) is 0 Å². The van der Waals surface area contributed by atoms with Gasteiger partial charge in [0.25, 0.3) is 5.91 Å². The number of carbonyl (C=O) groups is 1. The van der Waals surface area contributed by atoms with Gasteiger partial charge in [-0.1, -0.05) is 19.1 Å². The van der Waals surface area contributed by atoms with Crippen molar-refractivity contribution >= 4 is 5.91 Å². The number of ether oxygens (including phenoxy) is 5. The minimum Gasteiger partial charge on any atom is -0.493 e. The Kier molecular flexibility index (Phi) is 7.80. The molecule has 0 aliphatic carbocycles. The van der Waals surface area contributed by atoms with Crippen LogP contribution in [0.4, 0.5) is 0 Å². The first-order chi connectivity index (χ1) is 13.6. The molecule has 0 bridgehead atoms. The Morgan fingerprint density at radius 1 is 0.857 bits per heavy atom. The molecule has 0 fully saturated rings. The van der Waals surface area contributed by atoms with Gasteiger partial charge in [-0.25, -0.2) is 0 Å². The predicted octanol–water partition coefficient (Wildman–Crippen LogP) is 3.19. The van der Waals surface area contributed by atoms with E-state index < -0.39 is 6.10 Å². The minimum absolute atomic E-state index is 0.231. The van der Waals surface area contributed by atoms with Crippen LogP contribution in [0.15, 0.2) is 36.4 Å². The highest BCUT2D eigenvalue weighted by atomic mass is 16.5. The van der Waals surface area contributed by atoms with Crippen LogP contribution in [0, 0.1) is 0 Å². The normalized spacial score (nSPS) is 11.3. The fourth-order valence-corrected chi connectivity index (χ4v) is 2.79. The molecule has 28 heavy (non-hydrogen) atoms. The number of nitrogens with one attached hydrogen (secondary N) is 1. The molecule has 1 unspecified atom stereocenters. The van der Waals surface area contributed by atoms with Crippen molar-refractivity contribution in [1.82, 2.24) is 5.32 Å². The van der Waals surface area contributed by atoms with Crippen molar-refractivity contribution in [3.63, 3.8) is 0 Å². The van der Waals surface area contributed by atoms with E-state index in [1.54, 1.807) is 39.5 Å². The smallest absolute Gasteiger partial charge is 0.261 e. The van der Waals surface area contributed by atoms with E-state index >= 15 is 0 Å². The van der Waals surface area contributed by atoms with Crippen molar-refractivity contribution < 1.29 is 28.5 Å².